The molecule has 0 radical (unpaired) electrons. The number of rotatable bonds is 4. The Bertz CT molecular complexity index is 1490. The zero-order chi connectivity index (χ0) is 20.7. The Morgan fingerprint density at radius 2 is 1.83 bits per heavy atom. The van der Waals surface area contributed by atoms with Crippen LogP contribution in [0.2, 0.25) is 10.0 Å². The lowest BCUT2D eigenvalue weighted by Gasteiger charge is -2.08. The first-order chi connectivity index (χ1) is 14.6. The molecular weight excluding hydrogens is 439 g/mol. The minimum absolute atomic E-state index is 0.0543. The predicted molar refractivity (Wildman–Crippen MR) is 123 cm³/mol. The summed E-state index contributed by atoms with van der Waals surface area (Å²) in [6.45, 7) is 0.346. The first-order valence-corrected chi connectivity index (χ1v) is 10.7. The zero-order valence-electron chi connectivity index (χ0n) is 15.5. The summed E-state index contributed by atoms with van der Waals surface area (Å²) >= 11 is 13.5. The van der Waals surface area contributed by atoms with Crippen molar-refractivity contribution >= 4 is 56.6 Å². The molecule has 0 amide bonds. The van der Waals surface area contributed by atoms with Gasteiger partial charge in [0, 0.05) is 15.6 Å². The molecule has 7 heteroatoms. The average molecular weight is 453 g/mol. The number of halogens is 2. The summed E-state index contributed by atoms with van der Waals surface area (Å²) in [7, 11) is 0. The van der Waals surface area contributed by atoms with Gasteiger partial charge < -0.3 is 4.74 Å². The van der Waals surface area contributed by atoms with Gasteiger partial charge in [-0.25, -0.2) is 9.38 Å². The standard InChI is InChI=1S/C23H14Cl2N2O2S/c24-16-8-7-15(18(25)12-16)13-29-17-9-5-14(6-10-17)11-21-22(28)27-20-4-2-1-3-19(20)26-23(27)30-21/h1-12H,13H2/b21-11+. The summed E-state index contributed by atoms with van der Waals surface area (Å²) in [5.74, 6) is 0.715. The normalized spacial score (nSPS) is 12.1. The predicted octanol–water partition coefficient (Wildman–Crippen LogP) is 5.34. The summed E-state index contributed by atoms with van der Waals surface area (Å²) in [5.41, 5.74) is 3.38. The number of thiazole rings is 1. The fraction of sp³-hybridized carbons (Fsp3) is 0.0435. The van der Waals surface area contributed by atoms with E-state index in [0.29, 0.717) is 31.9 Å². The van der Waals surface area contributed by atoms with Gasteiger partial charge in [0.15, 0.2) is 4.96 Å². The Morgan fingerprint density at radius 1 is 1.03 bits per heavy atom. The van der Waals surface area contributed by atoms with Crippen molar-refractivity contribution in [1.29, 1.82) is 0 Å². The number of fused-ring (bicyclic) bond motifs is 3. The molecule has 2 aromatic heterocycles. The zero-order valence-corrected chi connectivity index (χ0v) is 17.8. The Hall–Kier alpha value is -2.86. The first-order valence-electron chi connectivity index (χ1n) is 9.17. The van der Waals surface area contributed by atoms with E-state index in [0.717, 1.165) is 22.2 Å². The molecule has 5 rings (SSSR count). The maximum atomic E-state index is 12.8. The third-order valence-corrected chi connectivity index (χ3v) is 6.29. The van der Waals surface area contributed by atoms with Gasteiger partial charge >= 0.3 is 0 Å². The Labute approximate surface area is 185 Å². The molecule has 4 nitrogen and oxygen atoms in total. The van der Waals surface area contributed by atoms with Crippen LogP contribution >= 0.6 is 34.5 Å². The number of hydrogen-bond donors (Lipinski definition) is 0. The molecule has 0 bridgehead atoms. The highest BCUT2D eigenvalue weighted by Crippen LogP contribution is 2.23. The quantitative estimate of drug-likeness (QED) is 0.369. The highest BCUT2D eigenvalue weighted by molar-refractivity contribution is 7.15. The van der Waals surface area contributed by atoms with Crippen molar-refractivity contribution in [3.8, 4) is 5.75 Å². The maximum absolute atomic E-state index is 12.8. The van der Waals surface area contributed by atoms with Crippen LogP contribution in [0, 0.1) is 0 Å². The van der Waals surface area contributed by atoms with Crippen LogP contribution < -0.4 is 14.8 Å². The third-order valence-electron chi connectivity index (χ3n) is 4.73. The largest absolute Gasteiger partial charge is 0.489 e. The summed E-state index contributed by atoms with van der Waals surface area (Å²) in [4.78, 5) is 18.1. The molecule has 0 saturated heterocycles. The minimum atomic E-state index is -0.0543. The third kappa shape index (κ3) is 3.56. The molecule has 0 unspecified atom stereocenters. The van der Waals surface area contributed by atoms with Crippen LogP contribution in [0.25, 0.3) is 22.1 Å². The van der Waals surface area contributed by atoms with E-state index in [1.54, 1.807) is 16.5 Å². The molecule has 0 saturated carbocycles. The van der Waals surface area contributed by atoms with E-state index in [-0.39, 0.29) is 5.56 Å². The summed E-state index contributed by atoms with van der Waals surface area (Å²) in [5, 5.41) is 1.17. The first kappa shape index (κ1) is 19.1. The van der Waals surface area contributed by atoms with E-state index in [1.807, 2.05) is 60.7 Å². The van der Waals surface area contributed by atoms with Crippen molar-refractivity contribution in [2.75, 3.05) is 0 Å². The molecule has 2 heterocycles. The summed E-state index contributed by atoms with van der Waals surface area (Å²) in [6.07, 6.45) is 1.87. The van der Waals surface area contributed by atoms with E-state index < -0.39 is 0 Å². The second-order valence-corrected chi connectivity index (χ2v) is 8.58. The number of para-hydroxylation sites is 2. The van der Waals surface area contributed by atoms with E-state index in [1.165, 1.54) is 11.3 Å². The highest BCUT2D eigenvalue weighted by Gasteiger charge is 2.10. The highest BCUT2D eigenvalue weighted by atomic mass is 35.5. The van der Waals surface area contributed by atoms with Crippen molar-refractivity contribution in [3.63, 3.8) is 0 Å². The molecule has 148 valence electrons. The Kier molecular flexibility index (Phi) is 4.95. The molecule has 0 atom stereocenters. The number of benzene rings is 3. The number of aromatic nitrogens is 2. The molecule has 0 aliphatic rings. The minimum Gasteiger partial charge on any atom is -0.489 e. The Balaban J connectivity index is 1.40. The van der Waals surface area contributed by atoms with Gasteiger partial charge in [0.2, 0.25) is 0 Å². The van der Waals surface area contributed by atoms with Gasteiger partial charge in [-0.15, -0.1) is 0 Å². The molecule has 30 heavy (non-hydrogen) atoms. The lowest BCUT2D eigenvalue weighted by atomic mass is 10.2. The smallest absolute Gasteiger partial charge is 0.274 e. The monoisotopic (exact) mass is 452 g/mol. The molecule has 5 aromatic rings. The molecular formula is C23H14Cl2N2O2S. The number of ether oxygens (including phenoxy) is 1. The lowest BCUT2D eigenvalue weighted by Crippen LogP contribution is -2.22. The molecule has 0 aliphatic heterocycles. The van der Waals surface area contributed by atoms with Crippen molar-refractivity contribution < 1.29 is 4.74 Å². The van der Waals surface area contributed by atoms with Crippen molar-refractivity contribution in [2.45, 2.75) is 6.61 Å². The van der Waals surface area contributed by atoms with Crippen LogP contribution in [0.1, 0.15) is 11.1 Å². The van der Waals surface area contributed by atoms with Crippen LogP contribution in [0.4, 0.5) is 0 Å². The van der Waals surface area contributed by atoms with Gasteiger partial charge in [-0.1, -0.05) is 64.9 Å². The molecule has 0 N–H and O–H groups in total. The second kappa shape index (κ2) is 7.76. The van der Waals surface area contributed by atoms with Crippen LogP contribution in [0.5, 0.6) is 5.75 Å². The summed E-state index contributed by atoms with van der Waals surface area (Å²) in [6, 6.07) is 20.5. The average Bonchev–Trinajstić information content (AvgIpc) is 3.25. The topological polar surface area (TPSA) is 43.6 Å². The number of nitrogens with zero attached hydrogens (tertiary/aromatic N) is 2. The second-order valence-electron chi connectivity index (χ2n) is 6.73. The fourth-order valence-electron chi connectivity index (χ4n) is 3.22. The van der Waals surface area contributed by atoms with Crippen LogP contribution in [0.15, 0.2) is 71.5 Å². The SMILES string of the molecule is O=c1/c(=C\c2ccc(OCc3ccc(Cl)cc3Cl)cc2)sc2nc3ccccc3n12. The van der Waals surface area contributed by atoms with Gasteiger partial charge in [-0.05, 0) is 48.0 Å². The van der Waals surface area contributed by atoms with Crippen molar-refractivity contribution in [2.24, 2.45) is 0 Å². The molecule has 0 fully saturated rings. The van der Waals surface area contributed by atoms with Gasteiger partial charge in [-0.2, -0.15) is 0 Å². The van der Waals surface area contributed by atoms with Crippen LogP contribution in [0.3, 0.4) is 0 Å². The molecule has 0 spiro atoms. The van der Waals surface area contributed by atoms with Gasteiger partial charge in [-0.3, -0.25) is 4.79 Å². The van der Waals surface area contributed by atoms with Gasteiger partial charge in [0.05, 0.1) is 15.6 Å². The van der Waals surface area contributed by atoms with Crippen molar-refractivity contribution in [3.05, 3.63) is 103 Å². The number of imidazole rings is 1. The van der Waals surface area contributed by atoms with Gasteiger partial charge in [0.1, 0.15) is 12.4 Å². The lowest BCUT2D eigenvalue weighted by molar-refractivity contribution is 0.306. The Morgan fingerprint density at radius 3 is 2.63 bits per heavy atom. The number of hydrogen-bond acceptors (Lipinski definition) is 4. The molecule has 0 aliphatic carbocycles. The van der Waals surface area contributed by atoms with Crippen LogP contribution in [-0.2, 0) is 6.61 Å². The molecule has 3 aromatic carbocycles. The van der Waals surface area contributed by atoms with E-state index in [9.17, 15) is 4.79 Å². The maximum Gasteiger partial charge on any atom is 0.274 e. The fourth-order valence-corrected chi connectivity index (χ4v) is 4.67. The van der Waals surface area contributed by atoms with Crippen LogP contribution in [-0.4, -0.2) is 9.38 Å². The summed E-state index contributed by atoms with van der Waals surface area (Å²) < 4.78 is 8.12. The van der Waals surface area contributed by atoms with E-state index >= 15 is 0 Å². The van der Waals surface area contributed by atoms with Crippen molar-refractivity contribution in [1.82, 2.24) is 9.38 Å². The van der Waals surface area contributed by atoms with E-state index in [2.05, 4.69) is 4.98 Å². The van der Waals surface area contributed by atoms with Gasteiger partial charge in [0.25, 0.3) is 5.56 Å². The van der Waals surface area contributed by atoms with E-state index in [4.69, 9.17) is 27.9 Å².